The van der Waals surface area contributed by atoms with Gasteiger partial charge in [-0.2, -0.15) is 0 Å². The summed E-state index contributed by atoms with van der Waals surface area (Å²) in [6.07, 6.45) is 0. The first-order valence-electron chi connectivity index (χ1n) is 0. The average molecular weight is 733 g/mol. The summed E-state index contributed by atoms with van der Waals surface area (Å²) >= 11 is 0. The van der Waals surface area contributed by atoms with Crippen molar-refractivity contribution in [1.29, 1.82) is 0 Å². The summed E-state index contributed by atoms with van der Waals surface area (Å²) < 4.78 is 0. The fourth-order valence-corrected chi connectivity index (χ4v) is 0. The molecule has 0 aromatic rings. The molecule has 0 aromatic carbocycles. The maximum Gasteiger partial charge on any atom is 3.00 e. The van der Waals surface area contributed by atoms with Gasteiger partial charge in [0.25, 0.3) is 0 Å². The van der Waals surface area contributed by atoms with Crippen LogP contribution in [0.4, 0.5) is 0 Å². The molecule has 0 N–H and O–H groups in total. The van der Waals surface area contributed by atoms with E-state index in [-0.39, 0.29) is 177 Å². The monoisotopic (exact) mass is 733 g/mol. The van der Waals surface area contributed by atoms with E-state index >= 15 is 0 Å². The predicted molar refractivity (Wildman–Crippen MR) is 40.3 cm³/mol. The predicted octanol–water partition coefficient (Wildman–Crippen LogP) is -2.67. The first-order valence-corrected chi connectivity index (χ1v) is 0. The zero-order valence-corrected chi connectivity index (χ0v) is 22.6. The molecule has 0 heterocycles. The van der Waals surface area contributed by atoms with Gasteiger partial charge in [-0.15, -0.1) is 0 Å². The smallest absolute Gasteiger partial charge is 2.00 e. The van der Waals surface area contributed by atoms with Crippen LogP contribution in [0.3, 0.4) is 0 Å². The molecular formula is Cu2Ga2In2Se3. The fraction of sp³-hybridized carbons (Fsp3) is 0. The van der Waals surface area contributed by atoms with Gasteiger partial charge < -0.3 is 51.2 Å². The van der Waals surface area contributed by atoms with Crippen molar-refractivity contribution >= 4 is 142 Å². The molecule has 8 radical (unpaired) electrons. The van der Waals surface area contributed by atoms with Crippen molar-refractivity contribution in [3.8, 4) is 0 Å². The Morgan fingerprint density at radius 2 is 0.444 bits per heavy atom. The van der Waals surface area contributed by atoms with Gasteiger partial charge in [0.15, 0.2) is 0 Å². The molecule has 9 heteroatoms. The maximum atomic E-state index is 0. The Balaban J connectivity index is 0. The van der Waals surface area contributed by atoms with Crippen LogP contribution in [-0.2, 0) is 34.1 Å². The Labute approximate surface area is 173 Å². The van der Waals surface area contributed by atoms with Crippen molar-refractivity contribution in [3.63, 3.8) is 0 Å². The molecule has 0 aromatic heterocycles. The van der Waals surface area contributed by atoms with Crippen LogP contribution in [0, 0.1) is 0 Å². The Kier molecular flexibility index (Phi) is 657. The van der Waals surface area contributed by atoms with Crippen molar-refractivity contribution in [2.45, 2.75) is 0 Å². The summed E-state index contributed by atoms with van der Waals surface area (Å²) in [5.41, 5.74) is 0. The van der Waals surface area contributed by atoms with Gasteiger partial charge >= 0.3 is 39.6 Å². The molecule has 0 aliphatic rings. The SMILES string of the molecule is [Cu].[Cu].[Ga+3].[Ga+3].[In].[In].[Se-2].[Se-2].[Se-2]. The summed E-state index contributed by atoms with van der Waals surface area (Å²) in [7, 11) is 0. The zero-order valence-electron chi connectivity index (χ0n) is 4.14. The summed E-state index contributed by atoms with van der Waals surface area (Å²) in [6.45, 7) is 0. The van der Waals surface area contributed by atoms with E-state index in [0.29, 0.717) is 0 Å². The van der Waals surface area contributed by atoms with Crippen LogP contribution >= 0.6 is 0 Å². The van der Waals surface area contributed by atoms with Crippen LogP contribution in [0.5, 0.6) is 0 Å². The average Bonchev–Trinajstić information content (AvgIpc) is 0. The van der Waals surface area contributed by atoms with Gasteiger partial charge in [0.05, 0.1) is 0 Å². The molecule has 0 amide bonds. The molecule has 0 aliphatic heterocycles. The van der Waals surface area contributed by atoms with Crippen molar-refractivity contribution in [1.82, 2.24) is 0 Å². The summed E-state index contributed by atoms with van der Waals surface area (Å²) in [4.78, 5) is 0. The zero-order chi connectivity index (χ0) is 0. The third kappa shape index (κ3) is 58.3. The van der Waals surface area contributed by atoms with Crippen LogP contribution in [0.2, 0.25) is 0 Å². The number of hydrogen-bond donors (Lipinski definition) is 0. The summed E-state index contributed by atoms with van der Waals surface area (Å²) in [5, 5.41) is 0. The van der Waals surface area contributed by atoms with Gasteiger partial charge in [-0.25, -0.2) is 0 Å². The molecule has 0 rings (SSSR count). The van der Waals surface area contributed by atoms with Gasteiger partial charge in [0.2, 0.25) is 0 Å². The second kappa shape index (κ2) is 68.8. The summed E-state index contributed by atoms with van der Waals surface area (Å²) in [6, 6.07) is 0. The molecule has 0 saturated heterocycles. The van der Waals surface area contributed by atoms with Crippen molar-refractivity contribution in [2.24, 2.45) is 0 Å². The van der Waals surface area contributed by atoms with Crippen molar-refractivity contribution in [3.05, 3.63) is 0 Å². The van der Waals surface area contributed by atoms with Crippen LogP contribution in [0.25, 0.3) is 0 Å². The minimum atomic E-state index is 0. The molecule has 0 fully saturated rings. The van der Waals surface area contributed by atoms with Crippen molar-refractivity contribution in [2.75, 3.05) is 0 Å². The molecule has 0 atom stereocenters. The first kappa shape index (κ1) is 86.0. The minimum Gasteiger partial charge on any atom is -2.00 e. The Morgan fingerprint density at radius 3 is 0.444 bits per heavy atom. The Hall–Kier alpha value is 5.61. The Bertz CT molecular complexity index is 17.8. The third-order valence-electron chi connectivity index (χ3n) is 0. The molecule has 0 saturated carbocycles. The van der Waals surface area contributed by atoms with E-state index in [1.807, 2.05) is 0 Å². The molecule has 0 aliphatic carbocycles. The molecule has 0 unspecified atom stereocenters. The topological polar surface area (TPSA) is 0 Å². The molecule has 52 valence electrons. The number of rotatable bonds is 0. The van der Waals surface area contributed by atoms with Crippen LogP contribution in [0.15, 0.2) is 0 Å². The Morgan fingerprint density at radius 1 is 0.444 bits per heavy atom. The molecule has 0 nitrogen and oxygen atoms in total. The van der Waals surface area contributed by atoms with Gasteiger partial charge in [-0.3, -0.25) is 0 Å². The van der Waals surface area contributed by atoms with E-state index < -0.39 is 0 Å². The van der Waals surface area contributed by atoms with E-state index in [9.17, 15) is 0 Å². The second-order valence-corrected chi connectivity index (χ2v) is 0. The number of hydrogen-bond acceptors (Lipinski definition) is 0. The van der Waals surface area contributed by atoms with Crippen LogP contribution in [0.1, 0.15) is 0 Å². The van der Waals surface area contributed by atoms with E-state index in [2.05, 4.69) is 0 Å². The standard InChI is InChI=1S/2Cu.2Ga.2In.3Se/q;;2*+3;;;3*-2. The second-order valence-electron chi connectivity index (χ2n) is 0. The van der Waals surface area contributed by atoms with Gasteiger partial charge in [-0.1, -0.05) is 0 Å². The van der Waals surface area contributed by atoms with Gasteiger partial charge in [-0.05, 0) is 0 Å². The van der Waals surface area contributed by atoms with Crippen LogP contribution in [-0.4, -0.2) is 142 Å². The van der Waals surface area contributed by atoms with Crippen molar-refractivity contribution < 1.29 is 34.1 Å². The minimum absolute atomic E-state index is 0. The van der Waals surface area contributed by atoms with E-state index in [1.165, 1.54) is 0 Å². The molecule has 0 bridgehead atoms. The van der Waals surface area contributed by atoms with Crippen LogP contribution < -0.4 is 0 Å². The molecule has 9 heavy (non-hydrogen) atoms. The molecule has 0 spiro atoms. The molecular weight excluding hydrogens is 733 g/mol. The third-order valence-corrected chi connectivity index (χ3v) is 0. The quantitative estimate of drug-likeness (QED) is 0.239. The van der Waals surface area contributed by atoms with E-state index in [1.54, 1.807) is 0 Å². The van der Waals surface area contributed by atoms with Gasteiger partial charge in [0.1, 0.15) is 0 Å². The normalized spacial score (nSPS) is 0. The maximum absolute atomic E-state index is 0. The summed E-state index contributed by atoms with van der Waals surface area (Å²) in [5.74, 6) is 0. The van der Waals surface area contributed by atoms with E-state index in [4.69, 9.17) is 0 Å². The largest absolute Gasteiger partial charge is 3.00 e. The fourth-order valence-electron chi connectivity index (χ4n) is 0. The van der Waals surface area contributed by atoms with Gasteiger partial charge in [0, 0.05) is 85.8 Å². The van der Waals surface area contributed by atoms with E-state index in [0.717, 1.165) is 0 Å². The first-order chi connectivity index (χ1) is 0.